The Morgan fingerprint density at radius 3 is 2.60 bits per heavy atom. The molecule has 0 aliphatic carbocycles. The Bertz CT molecular complexity index is 500. The Morgan fingerprint density at radius 2 is 1.93 bits per heavy atom. The maximum absolute atomic E-state index is 13.0. The second-order valence-electron chi connectivity index (χ2n) is 2.99. The van der Waals surface area contributed by atoms with Crippen LogP contribution in [0.5, 0.6) is 0 Å². The SMILES string of the molecule is Fc1cccc(-c2ncc(Br)cc2Br)c1. The van der Waals surface area contributed by atoms with Gasteiger partial charge in [-0.2, -0.15) is 0 Å². The van der Waals surface area contributed by atoms with Crippen LogP contribution in [0.1, 0.15) is 0 Å². The van der Waals surface area contributed by atoms with Crippen LogP contribution in [0, 0.1) is 5.82 Å². The van der Waals surface area contributed by atoms with Crippen molar-refractivity contribution >= 4 is 31.9 Å². The van der Waals surface area contributed by atoms with E-state index >= 15 is 0 Å². The summed E-state index contributed by atoms with van der Waals surface area (Å²) >= 11 is 6.71. The normalized spacial score (nSPS) is 10.3. The van der Waals surface area contributed by atoms with E-state index in [1.807, 2.05) is 12.1 Å². The molecule has 0 fully saturated rings. The van der Waals surface area contributed by atoms with Gasteiger partial charge in [0.2, 0.25) is 0 Å². The minimum absolute atomic E-state index is 0.260. The first-order chi connectivity index (χ1) is 7.16. The van der Waals surface area contributed by atoms with E-state index in [9.17, 15) is 4.39 Å². The maximum Gasteiger partial charge on any atom is 0.123 e. The summed E-state index contributed by atoms with van der Waals surface area (Å²) in [5.74, 6) is -0.260. The van der Waals surface area contributed by atoms with Gasteiger partial charge in [0.25, 0.3) is 0 Å². The molecule has 0 saturated carbocycles. The first-order valence-corrected chi connectivity index (χ1v) is 5.82. The highest BCUT2D eigenvalue weighted by molar-refractivity contribution is 9.11. The molecule has 1 aromatic heterocycles. The molecule has 2 aromatic rings. The van der Waals surface area contributed by atoms with E-state index in [2.05, 4.69) is 36.8 Å². The zero-order valence-electron chi connectivity index (χ0n) is 7.55. The number of pyridine rings is 1. The maximum atomic E-state index is 13.0. The molecule has 1 nitrogen and oxygen atoms in total. The van der Waals surface area contributed by atoms with Crippen molar-refractivity contribution in [2.45, 2.75) is 0 Å². The smallest absolute Gasteiger partial charge is 0.123 e. The molecule has 0 bridgehead atoms. The Morgan fingerprint density at radius 1 is 1.13 bits per heavy atom. The third-order valence-corrected chi connectivity index (χ3v) is 2.94. The van der Waals surface area contributed by atoms with Crippen molar-refractivity contribution in [1.82, 2.24) is 4.98 Å². The van der Waals surface area contributed by atoms with E-state index in [0.29, 0.717) is 0 Å². The van der Waals surface area contributed by atoms with Crippen molar-refractivity contribution in [2.75, 3.05) is 0 Å². The summed E-state index contributed by atoms with van der Waals surface area (Å²) in [6, 6.07) is 8.25. The zero-order valence-corrected chi connectivity index (χ0v) is 10.7. The highest BCUT2D eigenvalue weighted by atomic mass is 79.9. The minimum atomic E-state index is -0.260. The van der Waals surface area contributed by atoms with Gasteiger partial charge in [0.15, 0.2) is 0 Å². The average molecular weight is 331 g/mol. The fourth-order valence-electron chi connectivity index (χ4n) is 1.26. The average Bonchev–Trinajstić information content (AvgIpc) is 2.17. The van der Waals surface area contributed by atoms with E-state index in [-0.39, 0.29) is 5.82 Å². The van der Waals surface area contributed by atoms with E-state index in [1.165, 1.54) is 12.1 Å². The van der Waals surface area contributed by atoms with Crippen LogP contribution in [-0.2, 0) is 0 Å². The predicted octanol–water partition coefficient (Wildman–Crippen LogP) is 4.41. The number of halogens is 3. The van der Waals surface area contributed by atoms with E-state index in [4.69, 9.17) is 0 Å². The highest BCUT2D eigenvalue weighted by Crippen LogP contribution is 2.28. The number of aromatic nitrogens is 1. The highest BCUT2D eigenvalue weighted by Gasteiger charge is 2.05. The van der Waals surface area contributed by atoms with Crippen molar-refractivity contribution in [3.8, 4) is 11.3 Å². The summed E-state index contributed by atoms with van der Waals surface area (Å²) in [7, 11) is 0. The molecule has 15 heavy (non-hydrogen) atoms. The molecule has 0 aliphatic rings. The lowest BCUT2D eigenvalue weighted by molar-refractivity contribution is 0.628. The van der Waals surface area contributed by atoms with Crippen LogP contribution >= 0.6 is 31.9 Å². The Labute approximate surface area is 104 Å². The first kappa shape index (κ1) is 10.8. The molecule has 0 radical (unpaired) electrons. The molecule has 4 heteroatoms. The number of hydrogen-bond donors (Lipinski definition) is 0. The van der Waals surface area contributed by atoms with E-state index < -0.39 is 0 Å². The van der Waals surface area contributed by atoms with Crippen molar-refractivity contribution < 1.29 is 4.39 Å². The van der Waals surface area contributed by atoms with Crippen LogP contribution in [0.2, 0.25) is 0 Å². The molecule has 0 amide bonds. The second kappa shape index (κ2) is 4.41. The van der Waals surface area contributed by atoms with Gasteiger partial charge in [-0.25, -0.2) is 4.39 Å². The van der Waals surface area contributed by atoms with Gasteiger partial charge >= 0.3 is 0 Å². The molecule has 0 unspecified atom stereocenters. The van der Waals surface area contributed by atoms with Crippen LogP contribution in [0.25, 0.3) is 11.3 Å². The first-order valence-electron chi connectivity index (χ1n) is 4.24. The second-order valence-corrected chi connectivity index (χ2v) is 4.76. The summed E-state index contributed by atoms with van der Waals surface area (Å²) in [6.07, 6.45) is 1.69. The van der Waals surface area contributed by atoms with Crippen molar-refractivity contribution in [2.24, 2.45) is 0 Å². The van der Waals surface area contributed by atoms with Gasteiger partial charge in [-0.15, -0.1) is 0 Å². The van der Waals surface area contributed by atoms with Gasteiger partial charge < -0.3 is 0 Å². The number of rotatable bonds is 1. The molecule has 0 aliphatic heterocycles. The fourth-order valence-corrected chi connectivity index (χ4v) is 2.48. The molecule has 2 rings (SSSR count). The molecule has 0 atom stereocenters. The number of hydrogen-bond acceptors (Lipinski definition) is 1. The summed E-state index contributed by atoms with van der Waals surface area (Å²) in [5, 5.41) is 0. The summed E-state index contributed by atoms with van der Waals surface area (Å²) in [4.78, 5) is 4.23. The zero-order chi connectivity index (χ0) is 10.8. The lowest BCUT2D eigenvalue weighted by atomic mass is 10.1. The summed E-state index contributed by atoms with van der Waals surface area (Å²) in [6.45, 7) is 0. The van der Waals surface area contributed by atoms with Crippen molar-refractivity contribution in [1.29, 1.82) is 0 Å². The monoisotopic (exact) mass is 329 g/mol. The number of benzene rings is 1. The molecule has 0 spiro atoms. The summed E-state index contributed by atoms with van der Waals surface area (Å²) < 4.78 is 14.7. The molecular weight excluding hydrogens is 325 g/mol. The quantitative estimate of drug-likeness (QED) is 0.754. The third kappa shape index (κ3) is 2.44. The van der Waals surface area contributed by atoms with Gasteiger partial charge in [-0.1, -0.05) is 12.1 Å². The van der Waals surface area contributed by atoms with Crippen LogP contribution in [0.15, 0.2) is 45.5 Å². The Kier molecular flexibility index (Phi) is 3.17. The Balaban J connectivity index is 2.54. The summed E-state index contributed by atoms with van der Waals surface area (Å²) in [5.41, 5.74) is 1.49. The third-order valence-electron chi connectivity index (χ3n) is 1.91. The van der Waals surface area contributed by atoms with Crippen LogP contribution in [0.4, 0.5) is 4.39 Å². The molecular formula is C11H6Br2FN. The van der Waals surface area contributed by atoms with Gasteiger partial charge in [0.05, 0.1) is 5.69 Å². The van der Waals surface area contributed by atoms with Crippen LogP contribution in [-0.4, -0.2) is 4.98 Å². The fraction of sp³-hybridized carbons (Fsp3) is 0. The minimum Gasteiger partial charge on any atom is -0.254 e. The molecule has 0 N–H and O–H groups in total. The van der Waals surface area contributed by atoms with Gasteiger partial charge in [0.1, 0.15) is 5.82 Å². The van der Waals surface area contributed by atoms with E-state index in [1.54, 1.807) is 12.3 Å². The van der Waals surface area contributed by atoms with E-state index in [0.717, 1.165) is 20.2 Å². The molecule has 1 heterocycles. The van der Waals surface area contributed by atoms with Crippen LogP contribution < -0.4 is 0 Å². The molecule has 0 saturated heterocycles. The largest absolute Gasteiger partial charge is 0.254 e. The topological polar surface area (TPSA) is 12.9 Å². The van der Waals surface area contributed by atoms with Crippen molar-refractivity contribution in [3.05, 3.63) is 51.3 Å². The van der Waals surface area contributed by atoms with Gasteiger partial charge in [-0.05, 0) is 50.1 Å². The van der Waals surface area contributed by atoms with Crippen LogP contribution in [0.3, 0.4) is 0 Å². The standard InChI is InChI=1S/C11H6Br2FN/c12-8-5-10(13)11(15-6-8)7-2-1-3-9(14)4-7/h1-6H. The van der Waals surface area contributed by atoms with Crippen molar-refractivity contribution in [3.63, 3.8) is 0 Å². The molecule has 1 aromatic carbocycles. The lowest BCUT2D eigenvalue weighted by Crippen LogP contribution is -1.86. The lowest BCUT2D eigenvalue weighted by Gasteiger charge is -2.03. The van der Waals surface area contributed by atoms with Gasteiger partial charge in [-0.3, -0.25) is 4.98 Å². The Hall–Kier alpha value is -0.740. The molecule has 76 valence electrons. The number of nitrogens with zero attached hydrogens (tertiary/aromatic N) is 1. The predicted molar refractivity (Wildman–Crippen MR) is 65.0 cm³/mol. The van der Waals surface area contributed by atoms with Gasteiger partial charge in [0, 0.05) is 20.7 Å².